The Bertz CT molecular complexity index is 352. The van der Waals surface area contributed by atoms with E-state index >= 15 is 0 Å². The molecule has 0 aromatic carbocycles. The molecule has 0 aliphatic carbocycles. The average Bonchev–Trinajstić information content (AvgIpc) is 1.41. The topological polar surface area (TPSA) is 241 Å². The van der Waals surface area contributed by atoms with Gasteiger partial charge in [-0.1, -0.05) is 0 Å². The molecule has 0 radical (unpaired) electrons. The summed E-state index contributed by atoms with van der Waals surface area (Å²) in [6.07, 6.45) is 0. The van der Waals surface area contributed by atoms with Crippen molar-refractivity contribution in [3.05, 3.63) is 0 Å². The van der Waals surface area contributed by atoms with Crippen LogP contribution in [-0.2, 0) is 31.2 Å². The Labute approximate surface area is 175 Å². The van der Waals surface area contributed by atoms with Crippen molar-refractivity contribution in [1.82, 2.24) is 0 Å². The van der Waals surface area contributed by atoms with Crippen molar-refractivity contribution in [2.24, 2.45) is 0 Å². The predicted molar refractivity (Wildman–Crippen MR) is 44.0 cm³/mol. The SMILES string of the molecule is O=S(=O)([O-])[O-].O=S(=O)([O-])[O-].O=S(=O)([O-])[O-].[Al+3].[Al+3].[H-].[Rb+]. The van der Waals surface area contributed by atoms with Crippen LogP contribution < -0.4 is 58.2 Å². The van der Waals surface area contributed by atoms with Gasteiger partial charge in [-0.15, -0.1) is 0 Å². The minimum atomic E-state index is -5.17. The van der Waals surface area contributed by atoms with Crippen LogP contribution in [-0.4, -0.2) is 87.3 Å². The van der Waals surface area contributed by atoms with Gasteiger partial charge in [-0.3, -0.25) is 25.3 Å². The summed E-state index contributed by atoms with van der Waals surface area (Å²) in [6.45, 7) is 0. The summed E-state index contributed by atoms with van der Waals surface area (Å²) in [5.74, 6) is 0. The molecule has 0 rings (SSSR count). The standard InChI is InChI=1S/2Al.3H2O4S.Rb.H/c;;3*1-5(2,3)4;;/h;;3*(H2,1,2,3,4);;/q2*+3;;;;+1;-1/p-6. The van der Waals surface area contributed by atoms with Crippen molar-refractivity contribution in [3.8, 4) is 0 Å². The third-order valence-electron chi connectivity index (χ3n) is 0. The van der Waals surface area contributed by atoms with E-state index < -0.39 is 31.2 Å². The Morgan fingerprint density at radius 3 is 0.500 bits per heavy atom. The summed E-state index contributed by atoms with van der Waals surface area (Å²) >= 11 is 0. The van der Waals surface area contributed by atoms with Crippen molar-refractivity contribution in [3.63, 3.8) is 0 Å². The smallest absolute Gasteiger partial charge is 1.00 e. The first-order valence-corrected chi connectivity index (χ1v) is 6.00. The van der Waals surface area contributed by atoms with Crippen LogP contribution >= 0.6 is 0 Å². The Morgan fingerprint density at radius 1 is 0.500 bits per heavy atom. The summed E-state index contributed by atoms with van der Waals surface area (Å²) in [6, 6.07) is 0. The van der Waals surface area contributed by atoms with Gasteiger partial charge in [0.15, 0.2) is 0 Å². The molecule has 0 atom stereocenters. The first-order chi connectivity index (χ1) is 6.00. The largest absolute Gasteiger partial charge is 3.00 e. The van der Waals surface area contributed by atoms with Gasteiger partial charge in [0.1, 0.15) is 0 Å². The molecule has 0 unspecified atom stereocenters. The van der Waals surface area contributed by atoms with Crippen molar-refractivity contribution in [2.75, 3.05) is 0 Å². The van der Waals surface area contributed by atoms with E-state index in [0.717, 1.165) is 0 Å². The minimum Gasteiger partial charge on any atom is -1.00 e. The van der Waals surface area contributed by atoms with Gasteiger partial charge in [0.2, 0.25) is 0 Å². The van der Waals surface area contributed by atoms with E-state index in [1.54, 1.807) is 0 Å². The molecule has 0 amide bonds. The normalized spacial score (nSPS) is 9.67. The molecule has 0 spiro atoms. The average molecular weight is 429 g/mol. The van der Waals surface area contributed by atoms with E-state index in [1.165, 1.54) is 0 Å². The minimum absolute atomic E-state index is 0. The monoisotopic (exact) mass is 428 g/mol. The maximum atomic E-state index is 8.52. The van der Waals surface area contributed by atoms with Crippen LogP contribution in [0.3, 0.4) is 0 Å². The van der Waals surface area contributed by atoms with E-state index in [9.17, 15) is 0 Å². The molecule has 0 saturated heterocycles. The second kappa shape index (κ2) is 15.9. The maximum Gasteiger partial charge on any atom is 3.00 e. The van der Waals surface area contributed by atoms with Gasteiger partial charge in [0.05, 0.1) is 0 Å². The summed E-state index contributed by atoms with van der Waals surface area (Å²) in [5, 5.41) is 0. The number of hydrogen-bond donors (Lipinski definition) is 0. The van der Waals surface area contributed by atoms with Gasteiger partial charge in [-0.25, -0.2) is 0 Å². The van der Waals surface area contributed by atoms with Gasteiger partial charge in [0.25, 0.3) is 0 Å². The molecule has 0 fully saturated rings. The van der Waals surface area contributed by atoms with Crippen LogP contribution in [0.15, 0.2) is 0 Å². The zero-order valence-electron chi connectivity index (χ0n) is 9.28. The van der Waals surface area contributed by atoms with Crippen LogP contribution in [0, 0.1) is 0 Å². The zero-order chi connectivity index (χ0) is 13.5. The second-order valence-corrected chi connectivity index (χ2v) is 3.67. The quantitative estimate of drug-likeness (QED) is 0.198. The molecule has 0 saturated carbocycles. The Kier molecular flexibility index (Phi) is 32.7. The molecule has 0 aromatic heterocycles. The van der Waals surface area contributed by atoms with Crippen LogP contribution in [0.25, 0.3) is 0 Å². The fourth-order valence-electron chi connectivity index (χ4n) is 0. The molecule has 0 bridgehead atoms. The van der Waals surface area contributed by atoms with Crippen molar-refractivity contribution in [1.29, 1.82) is 0 Å². The Hall–Kier alpha value is 2.48. The van der Waals surface area contributed by atoms with Crippen molar-refractivity contribution in [2.45, 2.75) is 0 Å². The number of rotatable bonds is 0. The predicted octanol–water partition coefficient (Wildman–Crippen LogP) is -7.66. The molecular formula is HAl2O12RbS3. The Balaban J connectivity index is -0.0000000206. The summed E-state index contributed by atoms with van der Waals surface area (Å²) in [7, 11) is -15.5. The van der Waals surface area contributed by atoms with E-state index in [-0.39, 0.29) is 94.3 Å². The van der Waals surface area contributed by atoms with E-state index in [1.807, 2.05) is 0 Å². The Morgan fingerprint density at radius 2 is 0.500 bits per heavy atom. The fraction of sp³-hybridized carbons (Fsp3) is 0. The molecule has 0 heterocycles. The second-order valence-electron chi connectivity index (χ2n) is 1.22. The van der Waals surface area contributed by atoms with Crippen LogP contribution in [0.2, 0.25) is 0 Å². The molecule has 18 heavy (non-hydrogen) atoms. The molecular weight excluding hydrogens is 428 g/mol. The fourth-order valence-corrected chi connectivity index (χ4v) is 0. The number of hydrogen-bond acceptors (Lipinski definition) is 12. The van der Waals surface area contributed by atoms with E-state index in [2.05, 4.69) is 0 Å². The third kappa shape index (κ3) is 918. The van der Waals surface area contributed by atoms with Gasteiger partial charge in [0, 0.05) is 31.2 Å². The first-order valence-electron chi connectivity index (χ1n) is 2.00. The van der Waals surface area contributed by atoms with Gasteiger partial charge < -0.3 is 28.7 Å². The summed E-state index contributed by atoms with van der Waals surface area (Å²) < 4.78 is 102. The molecule has 0 aliphatic heterocycles. The molecule has 0 aromatic rings. The van der Waals surface area contributed by atoms with Gasteiger partial charge in [-0.2, -0.15) is 0 Å². The van der Waals surface area contributed by atoms with Crippen molar-refractivity contribution < 1.29 is 112 Å². The zero-order valence-corrected chi connectivity index (χ0v) is 18.0. The van der Waals surface area contributed by atoms with Gasteiger partial charge >= 0.3 is 92.9 Å². The molecule has 12 nitrogen and oxygen atoms in total. The maximum absolute atomic E-state index is 8.52. The van der Waals surface area contributed by atoms with Gasteiger partial charge in [-0.05, 0) is 0 Å². The summed E-state index contributed by atoms with van der Waals surface area (Å²) in [4.78, 5) is 0. The molecule has 98 valence electrons. The molecule has 18 heteroatoms. The van der Waals surface area contributed by atoms with Crippen LogP contribution in [0.5, 0.6) is 0 Å². The van der Waals surface area contributed by atoms with E-state index in [4.69, 9.17) is 52.6 Å². The molecule has 0 N–H and O–H groups in total. The van der Waals surface area contributed by atoms with Crippen molar-refractivity contribution >= 4 is 65.9 Å². The first kappa shape index (κ1) is 37.1. The summed E-state index contributed by atoms with van der Waals surface area (Å²) in [5.41, 5.74) is 0. The van der Waals surface area contributed by atoms with E-state index in [0.29, 0.717) is 0 Å². The molecule has 0 aliphatic rings. The third-order valence-corrected chi connectivity index (χ3v) is 0. The van der Waals surface area contributed by atoms with Crippen LogP contribution in [0.4, 0.5) is 0 Å². The van der Waals surface area contributed by atoms with Crippen LogP contribution in [0.1, 0.15) is 1.43 Å².